The highest BCUT2D eigenvalue weighted by molar-refractivity contribution is 5.80. The molecule has 2 heterocycles. The van der Waals surface area contributed by atoms with E-state index in [0.717, 1.165) is 6.07 Å². The molecule has 2 aromatic rings. The number of furan rings is 1. The summed E-state index contributed by atoms with van der Waals surface area (Å²) in [4.78, 5) is 23.9. The normalized spacial score (nSPS) is 19.2. The third kappa shape index (κ3) is 5.36. The minimum absolute atomic E-state index is 0.0293. The third-order valence-corrected chi connectivity index (χ3v) is 5.01. The van der Waals surface area contributed by atoms with E-state index in [4.69, 9.17) is 4.42 Å². The van der Waals surface area contributed by atoms with Crippen molar-refractivity contribution in [1.29, 1.82) is 0 Å². The average molecular weight is 412 g/mol. The fraction of sp³-hybridized carbons (Fsp3) is 0.400. The van der Waals surface area contributed by atoms with Crippen LogP contribution in [0.4, 0.5) is 17.6 Å². The number of benzene rings is 1. The molecule has 3 rings (SSSR count). The first-order valence-electron chi connectivity index (χ1n) is 9.13. The van der Waals surface area contributed by atoms with Gasteiger partial charge in [0.2, 0.25) is 11.8 Å². The van der Waals surface area contributed by atoms with Gasteiger partial charge in [-0.1, -0.05) is 0 Å². The molecule has 156 valence electrons. The Kier molecular flexibility index (Phi) is 5.95. The Bertz CT molecular complexity index is 880. The van der Waals surface area contributed by atoms with Crippen LogP contribution in [0.5, 0.6) is 0 Å². The lowest BCUT2D eigenvalue weighted by Crippen LogP contribution is -2.44. The molecule has 1 fully saturated rings. The molecule has 29 heavy (non-hydrogen) atoms. The number of rotatable bonds is 7. The Hall–Kier alpha value is -2.84. The maximum atomic E-state index is 13.8. The Balaban J connectivity index is 1.58. The lowest BCUT2D eigenvalue weighted by Gasteiger charge is -2.28. The second-order valence-electron chi connectivity index (χ2n) is 7.17. The van der Waals surface area contributed by atoms with Crippen molar-refractivity contribution in [3.63, 3.8) is 0 Å². The number of amides is 2. The molecular weight excluding hydrogens is 392 g/mol. The molecule has 1 saturated heterocycles. The highest BCUT2D eigenvalue weighted by atomic mass is 19.4. The molecule has 1 aliphatic rings. The van der Waals surface area contributed by atoms with E-state index in [9.17, 15) is 27.2 Å². The van der Waals surface area contributed by atoms with Crippen LogP contribution >= 0.6 is 0 Å². The number of nitrogens with one attached hydrogen (secondary N) is 2. The van der Waals surface area contributed by atoms with Gasteiger partial charge in [-0.05, 0) is 43.2 Å². The molecule has 9 heteroatoms. The third-order valence-electron chi connectivity index (χ3n) is 5.01. The highest BCUT2D eigenvalue weighted by Gasteiger charge is 2.38. The number of carbonyl (C=O) groups is 2. The number of alkyl halides is 3. The number of halogens is 4. The lowest BCUT2D eigenvalue weighted by atomic mass is 9.87. The number of carbonyl (C=O) groups excluding carboxylic acids is 2. The Morgan fingerprint density at radius 1 is 1.28 bits per heavy atom. The molecule has 1 aromatic heterocycles. The van der Waals surface area contributed by atoms with Crippen LogP contribution in [0.25, 0.3) is 0 Å². The van der Waals surface area contributed by atoms with E-state index in [-0.39, 0.29) is 24.4 Å². The van der Waals surface area contributed by atoms with E-state index in [0.29, 0.717) is 43.6 Å². The van der Waals surface area contributed by atoms with Gasteiger partial charge in [0, 0.05) is 36.9 Å². The summed E-state index contributed by atoms with van der Waals surface area (Å²) >= 11 is 0. The van der Waals surface area contributed by atoms with Gasteiger partial charge < -0.3 is 15.1 Å². The van der Waals surface area contributed by atoms with Gasteiger partial charge in [0.1, 0.15) is 11.6 Å². The van der Waals surface area contributed by atoms with Crippen LogP contribution in [-0.4, -0.2) is 17.4 Å². The van der Waals surface area contributed by atoms with Crippen molar-refractivity contribution >= 4 is 11.8 Å². The number of hydrogen-bond acceptors (Lipinski definition) is 3. The van der Waals surface area contributed by atoms with Crippen molar-refractivity contribution in [1.82, 2.24) is 10.6 Å². The summed E-state index contributed by atoms with van der Waals surface area (Å²) in [5.74, 6) is -0.695. The van der Waals surface area contributed by atoms with Crippen molar-refractivity contribution in [2.45, 2.75) is 50.4 Å². The van der Waals surface area contributed by atoms with Crippen molar-refractivity contribution in [2.75, 3.05) is 0 Å². The van der Waals surface area contributed by atoms with Crippen LogP contribution in [0.1, 0.15) is 42.6 Å². The van der Waals surface area contributed by atoms with Crippen LogP contribution in [0.15, 0.2) is 41.0 Å². The molecular formula is C20H20F4N2O3. The maximum Gasteiger partial charge on any atom is 0.416 e. The summed E-state index contributed by atoms with van der Waals surface area (Å²) in [6, 6.07) is 5.59. The summed E-state index contributed by atoms with van der Waals surface area (Å²) in [5.41, 5.74) is -1.84. The average Bonchev–Trinajstić information content (AvgIpc) is 3.29. The second-order valence-corrected chi connectivity index (χ2v) is 7.17. The minimum Gasteiger partial charge on any atom is -0.469 e. The largest absolute Gasteiger partial charge is 0.469 e. The summed E-state index contributed by atoms with van der Waals surface area (Å²) < 4.78 is 57.4. The summed E-state index contributed by atoms with van der Waals surface area (Å²) in [6.07, 6.45) is -1.39. The molecule has 5 nitrogen and oxygen atoms in total. The van der Waals surface area contributed by atoms with Crippen LogP contribution in [0.2, 0.25) is 0 Å². The Morgan fingerprint density at radius 2 is 2.07 bits per heavy atom. The molecule has 1 atom stereocenters. The summed E-state index contributed by atoms with van der Waals surface area (Å²) in [7, 11) is 0. The van der Waals surface area contributed by atoms with Gasteiger partial charge in [-0.3, -0.25) is 9.59 Å². The smallest absolute Gasteiger partial charge is 0.416 e. The predicted molar refractivity (Wildman–Crippen MR) is 95.0 cm³/mol. The molecule has 2 N–H and O–H groups in total. The van der Waals surface area contributed by atoms with Crippen molar-refractivity contribution in [3.8, 4) is 0 Å². The van der Waals surface area contributed by atoms with E-state index in [1.54, 1.807) is 12.1 Å². The standard InChI is InChI=1S/C20H20F4N2O3/c21-16-4-3-14(20(22,23)24)10-13(16)12-25-17(27)5-7-19(8-6-18(28)26-19)11-15-2-1-9-29-15/h1-4,9-10H,5-8,11-12H2,(H,25,27)(H,26,28)/t19-/m1/s1. The molecule has 0 aliphatic carbocycles. The minimum atomic E-state index is -4.59. The molecule has 0 bridgehead atoms. The van der Waals surface area contributed by atoms with Gasteiger partial charge in [0.05, 0.1) is 11.8 Å². The zero-order valence-corrected chi connectivity index (χ0v) is 15.4. The molecule has 1 aromatic carbocycles. The van der Waals surface area contributed by atoms with Gasteiger partial charge in [0.15, 0.2) is 0 Å². The predicted octanol–water partition coefficient (Wildman–Crippen LogP) is 3.73. The van der Waals surface area contributed by atoms with Crippen LogP contribution in [0, 0.1) is 5.82 Å². The van der Waals surface area contributed by atoms with Crippen molar-refractivity contribution in [2.24, 2.45) is 0 Å². The second kappa shape index (κ2) is 8.26. The lowest BCUT2D eigenvalue weighted by molar-refractivity contribution is -0.137. The highest BCUT2D eigenvalue weighted by Crippen LogP contribution is 2.31. The van der Waals surface area contributed by atoms with E-state index in [2.05, 4.69) is 10.6 Å². The van der Waals surface area contributed by atoms with Gasteiger partial charge in [-0.15, -0.1) is 0 Å². The van der Waals surface area contributed by atoms with E-state index < -0.39 is 29.0 Å². The fourth-order valence-corrected chi connectivity index (χ4v) is 3.45. The van der Waals surface area contributed by atoms with Crippen LogP contribution < -0.4 is 10.6 Å². The summed E-state index contributed by atoms with van der Waals surface area (Å²) in [6.45, 7) is -0.355. The van der Waals surface area contributed by atoms with Crippen LogP contribution in [0.3, 0.4) is 0 Å². The fourth-order valence-electron chi connectivity index (χ4n) is 3.45. The first-order valence-corrected chi connectivity index (χ1v) is 9.13. The van der Waals surface area contributed by atoms with Gasteiger partial charge in [-0.25, -0.2) is 4.39 Å². The zero-order chi connectivity index (χ0) is 21.1. The van der Waals surface area contributed by atoms with Crippen molar-refractivity contribution < 1.29 is 31.6 Å². The molecule has 1 aliphatic heterocycles. The van der Waals surface area contributed by atoms with E-state index in [1.807, 2.05) is 0 Å². The van der Waals surface area contributed by atoms with Gasteiger partial charge in [0.25, 0.3) is 0 Å². The molecule has 0 saturated carbocycles. The molecule has 0 spiro atoms. The zero-order valence-electron chi connectivity index (χ0n) is 15.4. The monoisotopic (exact) mass is 412 g/mol. The van der Waals surface area contributed by atoms with Crippen molar-refractivity contribution in [3.05, 3.63) is 59.3 Å². The first-order chi connectivity index (χ1) is 13.7. The molecule has 2 amide bonds. The molecule has 0 unspecified atom stereocenters. The molecule has 0 radical (unpaired) electrons. The van der Waals surface area contributed by atoms with E-state index >= 15 is 0 Å². The number of hydrogen-bond donors (Lipinski definition) is 2. The quantitative estimate of drug-likeness (QED) is 0.681. The van der Waals surface area contributed by atoms with Gasteiger partial charge in [-0.2, -0.15) is 13.2 Å². The maximum absolute atomic E-state index is 13.8. The Labute approximate surface area is 164 Å². The topological polar surface area (TPSA) is 71.3 Å². The van der Waals surface area contributed by atoms with Gasteiger partial charge >= 0.3 is 6.18 Å². The van der Waals surface area contributed by atoms with E-state index in [1.165, 1.54) is 6.26 Å². The first kappa shape index (κ1) is 20.9. The van der Waals surface area contributed by atoms with Crippen LogP contribution in [-0.2, 0) is 28.7 Å². The SMILES string of the molecule is O=C(CC[C@]1(Cc2ccco2)CCC(=O)N1)NCc1cc(C(F)(F)F)ccc1F. The Morgan fingerprint density at radius 3 is 2.69 bits per heavy atom. The summed E-state index contributed by atoms with van der Waals surface area (Å²) in [5, 5.41) is 5.35.